The summed E-state index contributed by atoms with van der Waals surface area (Å²) in [6.07, 6.45) is 2.67. The standard InChI is InChI=1S/C22H22N2O4/c1-2-16-9-6-10-17-18(12-24-22(16)17)19(25)14-28-21(27)13-23-20(26)11-15-7-4-3-5-8-15/h3-10,12,24H,2,11,13-14H2,1H3,(H,23,26). The van der Waals surface area contributed by atoms with Crippen molar-refractivity contribution in [1.29, 1.82) is 0 Å². The van der Waals surface area contributed by atoms with Crippen LogP contribution in [-0.2, 0) is 27.2 Å². The third-order valence-corrected chi connectivity index (χ3v) is 4.48. The van der Waals surface area contributed by atoms with Crippen LogP contribution in [0.15, 0.2) is 54.7 Å². The number of ether oxygens (including phenoxy) is 1. The molecule has 0 aliphatic heterocycles. The molecule has 0 fully saturated rings. The summed E-state index contributed by atoms with van der Waals surface area (Å²) in [6.45, 7) is 1.41. The molecule has 6 nitrogen and oxygen atoms in total. The highest BCUT2D eigenvalue weighted by Crippen LogP contribution is 2.22. The molecular weight excluding hydrogens is 356 g/mol. The number of benzene rings is 2. The predicted molar refractivity (Wildman–Crippen MR) is 106 cm³/mol. The number of ketones is 1. The number of aromatic amines is 1. The molecule has 144 valence electrons. The quantitative estimate of drug-likeness (QED) is 0.466. The fraction of sp³-hybridized carbons (Fsp3) is 0.227. The number of carbonyl (C=O) groups is 3. The molecule has 0 atom stereocenters. The van der Waals surface area contributed by atoms with Gasteiger partial charge in [-0.3, -0.25) is 14.4 Å². The Bertz CT molecular complexity index is 992. The van der Waals surface area contributed by atoms with Gasteiger partial charge in [0.05, 0.1) is 6.42 Å². The molecule has 2 N–H and O–H groups in total. The SMILES string of the molecule is CCc1cccc2c(C(=O)COC(=O)CNC(=O)Cc3ccccc3)c[nH]c12. The molecule has 1 heterocycles. The van der Waals surface area contributed by atoms with Gasteiger partial charge in [-0.25, -0.2) is 0 Å². The fourth-order valence-corrected chi connectivity index (χ4v) is 3.03. The van der Waals surface area contributed by atoms with Crippen molar-refractivity contribution in [2.75, 3.05) is 13.2 Å². The Morgan fingerprint density at radius 1 is 1.04 bits per heavy atom. The van der Waals surface area contributed by atoms with Crippen LogP contribution in [0.4, 0.5) is 0 Å². The smallest absolute Gasteiger partial charge is 0.325 e. The van der Waals surface area contributed by atoms with E-state index in [-0.39, 0.29) is 31.3 Å². The van der Waals surface area contributed by atoms with E-state index >= 15 is 0 Å². The second kappa shape index (κ2) is 8.99. The van der Waals surface area contributed by atoms with Crippen molar-refractivity contribution in [2.24, 2.45) is 0 Å². The van der Waals surface area contributed by atoms with Crippen LogP contribution in [0, 0.1) is 0 Å². The summed E-state index contributed by atoms with van der Waals surface area (Å²) in [5.41, 5.74) is 3.39. The van der Waals surface area contributed by atoms with Crippen molar-refractivity contribution in [3.8, 4) is 0 Å². The number of hydrogen-bond acceptors (Lipinski definition) is 4. The van der Waals surface area contributed by atoms with Gasteiger partial charge in [-0.1, -0.05) is 55.5 Å². The van der Waals surface area contributed by atoms with E-state index in [0.29, 0.717) is 5.56 Å². The fourth-order valence-electron chi connectivity index (χ4n) is 3.03. The van der Waals surface area contributed by atoms with Crippen molar-refractivity contribution in [1.82, 2.24) is 10.3 Å². The molecular formula is C22H22N2O4. The largest absolute Gasteiger partial charge is 0.456 e. The maximum atomic E-state index is 12.4. The maximum absolute atomic E-state index is 12.4. The van der Waals surface area contributed by atoms with Crippen LogP contribution in [0.2, 0.25) is 0 Å². The molecule has 0 bridgehead atoms. The highest BCUT2D eigenvalue weighted by Gasteiger charge is 2.16. The highest BCUT2D eigenvalue weighted by atomic mass is 16.5. The number of H-pyrrole nitrogens is 1. The molecule has 0 unspecified atom stereocenters. The van der Waals surface area contributed by atoms with Crippen molar-refractivity contribution < 1.29 is 19.1 Å². The van der Waals surface area contributed by atoms with Crippen molar-refractivity contribution in [3.63, 3.8) is 0 Å². The lowest BCUT2D eigenvalue weighted by molar-refractivity contribution is -0.142. The minimum atomic E-state index is -0.649. The van der Waals surface area contributed by atoms with E-state index in [1.165, 1.54) is 0 Å². The summed E-state index contributed by atoms with van der Waals surface area (Å²) >= 11 is 0. The van der Waals surface area contributed by atoms with E-state index in [1.807, 2.05) is 55.5 Å². The van der Waals surface area contributed by atoms with E-state index in [4.69, 9.17) is 4.74 Å². The lowest BCUT2D eigenvalue weighted by Gasteiger charge is -2.06. The molecule has 1 aromatic heterocycles. The predicted octanol–water partition coefficient (Wildman–Crippen LogP) is 2.82. The number of Topliss-reactive ketones (excluding diaryl/α,β-unsaturated/α-hetero) is 1. The second-order valence-corrected chi connectivity index (χ2v) is 6.42. The highest BCUT2D eigenvalue weighted by molar-refractivity contribution is 6.09. The Hall–Kier alpha value is -3.41. The zero-order valence-corrected chi connectivity index (χ0v) is 15.7. The van der Waals surface area contributed by atoms with Crippen LogP contribution in [-0.4, -0.2) is 35.8 Å². The molecule has 0 spiro atoms. The molecule has 2 aromatic carbocycles. The van der Waals surface area contributed by atoms with Gasteiger partial charge in [0.2, 0.25) is 11.7 Å². The topological polar surface area (TPSA) is 88.3 Å². The van der Waals surface area contributed by atoms with Crippen LogP contribution >= 0.6 is 0 Å². The average molecular weight is 378 g/mol. The number of carbonyl (C=O) groups excluding carboxylic acids is 3. The van der Waals surface area contributed by atoms with E-state index in [0.717, 1.165) is 28.5 Å². The van der Waals surface area contributed by atoms with Crippen LogP contribution in [0.5, 0.6) is 0 Å². The van der Waals surface area contributed by atoms with E-state index < -0.39 is 5.97 Å². The van der Waals surface area contributed by atoms with E-state index in [1.54, 1.807) is 6.20 Å². The zero-order valence-electron chi connectivity index (χ0n) is 15.7. The number of amides is 1. The number of hydrogen-bond donors (Lipinski definition) is 2. The van der Waals surface area contributed by atoms with Gasteiger partial charge in [-0.05, 0) is 17.5 Å². The van der Waals surface area contributed by atoms with Gasteiger partial charge in [0.15, 0.2) is 6.61 Å². The number of para-hydroxylation sites is 1. The van der Waals surface area contributed by atoms with Gasteiger partial charge in [0.25, 0.3) is 0 Å². The summed E-state index contributed by atoms with van der Waals surface area (Å²) in [7, 11) is 0. The van der Waals surface area contributed by atoms with Gasteiger partial charge in [0.1, 0.15) is 6.54 Å². The Morgan fingerprint density at radius 2 is 1.82 bits per heavy atom. The van der Waals surface area contributed by atoms with Gasteiger partial charge >= 0.3 is 5.97 Å². The van der Waals surface area contributed by atoms with Gasteiger partial charge in [0, 0.05) is 22.7 Å². The molecule has 0 radical (unpaired) electrons. The average Bonchev–Trinajstić information content (AvgIpc) is 3.15. The third kappa shape index (κ3) is 4.65. The Labute approximate surface area is 162 Å². The number of nitrogens with one attached hydrogen (secondary N) is 2. The molecule has 0 aliphatic rings. The molecule has 28 heavy (non-hydrogen) atoms. The minimum absolute atomic E-state index is 0.183. The van der Waals surface area contributed by atoms with Crippen LogP contribution in [0.3, 0.4) is 0 Å². The molecule has 0 aliphatic carbocycles. The Kier molecular flexibility index (Phi) is 6.22. The summed E-state index contributed by atoms with van der Waals surface area (Å²) in [5.74, 6) is -1.22. The zero-order chi connectivity index (χ0) is 19.9. The van der Waals surface area contributed by atoms with Crippen LogP contribution < -0.4 is 5.32 Å². The first-order chi connectivity index (χ1) is 13.6. The first-order valence-corrected chi connectivity index (χ1v) is 9.17. The lowest BCUT2D eigenvalue weighted by Crippen LogP contribution is -2.32. The van der Waals surface area contributed by atoms with Crippen molar-refractivity contribution in [3.05, 3.63) is 71.4 Å². The van der Waals surface area contributed by atoms with Gasteiger partial charge < -0.3 is 15.0 Å². The number of rotatable bonds is 8. The molecule has 0 saturated heterocycles. The van der Waals surface area contributed by atoms with E-state index in [2.05, 4.69) is 10.3 Å². The normalized spacial score (nSPS) is 10.6. The first-order valence-electron chi connectivity index (χ1n) is 9.17. The Morgan fingerprint density at radius 3 is 2.57 bits per heavy atom. The van der Waals surface area contributed by atoms with Crippen molar-refractivity contribution in [2.45, 2.75) is 19.8 Å². The van der Waals surface area contributed by atoms with Gasteiger partial charge in [-0.15, -0.1) is 0 Å². The summed E-state index contributed by atoms with van der Waals surface area (Å²) in [5, 5.41) is 3.32. The van der Waals surface area contributed by atoms with Gasteiger partial charge in [-0.2, -0.15) is 0 Å². The lowest BCUT2D eigenvalue weighted by atomic mass is 10.1. The molecule has 1 amide bonds. The summed E-state index contributed by atoms with van der Waals surface area (Å²) in [4.78, 5) is 39.2. The maximum Gasteiger partial charge on any atom is 0.325 e. The molecule has 6 heteroatoms. The number of fused-ring (bicyclic) bond motifs is 1. The summed E-state index contributed by atoms with van der Waals surface area (Å²) in [6, 6.07) is 15.0. The molecule has 3 rings (SSSR count). The third-order valence-electron chi connectivity index (χ3n) is 4.48. The van der Waals surface area contributed by atoms with Crippen LogP contribution in [0.1, 0.15) is 28.4 Å². The number of aromatic nitrogens is 1. The minimum Gasteiger partial charge on any atom is -0.456 e. The first kappa shape index (κ1) is 19.4. The monoisotopic (exact) mass is 378 g/mol. The van der Waals surface area contributed by atoms with Crippen molar-refractivity contribution >= 4 is 28.6 Å². The summed E-state index contributed by atoms with van der Waals surface area (Å²) < 4.78 is 5.02. The molecule has 0 saturated carbocycles. The van der Waals surface area contributed by atoms with E-state index in [9.17, 15) is 14.4 Å². The Balaban J connectivity index is 1.49. The van der Waals surface area contributed by atoms with Crippen LogP contribution in [0.25, 0.3) is 10.9 Å². The number of esters is 1. The molecule has 3 aromatic rings. The second-order valence-electron chi connectivity index (χ2n) is 6.42. The number of aryl methyl sites for hydroxylation is 1.